The monoisotopic (exact) mass is 314 g/mol. The van der Waals surface area contributed by atoms with E-state index < -0.39 is 11.9 Å². The zero-order valence-corrected chi connectivity index (χ0v) is 12.4. The molecular formula is C18H16F2N2O. The van der Waals surface area contributed by atoms with E-state index in [0.717, 1.165) is 11.1 Å². The van der Waals surface area contributed by atoms with Crippen LogP contribution in [-0.4, -0.2) is 22.7 Å². The molecule has 2 atom stereocenters. The maximum absolute atomic E-state index is 13.7. The first-order valence-electron chi connectivity index (χ1n) is 7.43. The van der Waals surface area contributed by atoms with Crippen molar-refractivity contribution in [2.24, 2.45) is 0 Å². The number of likely N-dealkylation sites (tertiary alicyclic amines) is 1. The van der Waals surface area contributed by atoms with Crippen LogP contribution in [0.5, 0.6) is 0 Å². The molecule has 1 N–H and O–H groups in total. The molecule has 3 nitrogen and oxygen atoms in total. The van der Waals surface area contributed by atoms with Gasteiger partial charge in [0.25, 0.3) is 0 Å². The first-order chi connectivity index (χ1) is 11.1. The van der Waals surface area contributed by atoms with Crippen LogP contribution < -0.4 is 0 Å². The van der Waals surface area contributed by atoms with E-state index in [1.807, 2.05) is 4.90 Å². The Morgan fingerprint density at radius 1 is 1.17 bits per heavy atom. The smallest absolute Gasteiger partial charge is 0.141 e. The first-order valence-corrected chi connectivity index (χ1v) is 7.43. The van der Waals surface area contributed by atoms with Crippen LogP contribution in [0.4, 0.5) is 8.78 Å². The summed E-state index contributed by atoms with van der Waals surface area (Å²) in [5.74, 6) is -0.837. The van der Waals surface area contributed by atoms with Gasteiger partial charge in [0.05, 0.1) is 11.7 Å². The number of aliphatic hydroxyl groups excluding tert-OH is 1. The van der Waals surface area contributed by atoms with Gasteiger partial charge in [0.2, 0.25) is 0 Å². The zero-order valence-electron chi connectivity index (χ0n) is 12.4. The fourth-order valence-electron chi connectivity index (χ4n) is 3.07. The average Bonchev–Trinajstić information content (AvgIpc) is 2.89. The Bertz CT molecular complexity index is 740. The van der Waals surface area contributed by atoms with Gasteiger partial charge < -0.3 is 5.11 Å². The number of nitrogens with zero attached hydrogens (tertiary/aromatic N) is 2. The Morgan fingerprint density at radius 2 is 1.91 bits per heavy atom. The second-order valence-corrected chi connectivity index (χ2v) is 5.81. The lowest BCUT2D eigenvalue weighted by Crippen LogP contribution is -2.24. The van der Waals surface area contributed by atoms with Gasteiger partial charge in [-0.3, -0.25) is 4.90 Å². The molecule has 0 radical (unpaired) electrons. The molecule has 3 rings (SSSR count). The van der Waals surface area contributed by atoms with Gasteiger partial charge in [-0.15, -0.1) is 0 Å². The summed E-state index contributed by atoms with van der Waals surface area (Å²) in [5.41, 5.74) is 1.69. The van der Waals surface area contributed by atoms with Gasteiger partial charge in [-0.1, -0.05) is 18.2 Å². The number of halogens is 2. The zero-order chi connectivity index (χ0) is 16.4. The van der Waals surface area contributed by atoms with Crippen LogP contribution in [0.1, 0.15) is 29.2 Å². The lowest BCUT2D eigenvalue weighted by Gasteiger charge is -2.24. The van der Waals surface area contributed by atoms with Crippen molar-refractivity contribution in [1.82, 2.24) is 4.90 Å². The summed E-state index contributed by atoms with van der Waals surface area (Å²) in [4.78, 5) is 2.04. The quantitative estimate of drug-likeness (QED) is 0.947. The fourth-order valence-corrected chi connectivity index (χ4v) is 3.07. The Labute approximate surface area is 133 Å². The Morgan fingerprint density at radius 3 is 2.57 bits per heavy atom. The van der Waals surface area contributed by atoms with Crippen LogP contribution >= 0.6 is 0 Å². The lowest BCUT2D eigenvalue weighted by atomic mass is 10.0. The fraction of sp³-hybridized carbons (Fsp3) is 0.278. The Hall–Kier alpha value is -2.29. The molecule has 0 saturated carbocycles. The maximum Gasteiger partial charge on any atom is 0.141 e. The van der Waals surface area contributed by atoms with E-state index >= 15 is 0 Å². The van der Waals surface area contributed by atoms with Crippen LogP contribution in [0.15, 0.2) is 42.5 Å². The molecule has 0 aromatic heterocycles. The number of aliphatic hydroxyl groups is 1. The van der Waals surface area contributed by atoms with Gasteiger partial charge in [0, 0.05) is 19.1 Å². The maximum atomic E-state index is 13.7. The third-order valence-electron chi connectivity index (χ3n) is 4.18. The first kappa shape index (κ1) is 15.6. The number of nitriles is 1. The van der Waals surface area contributed by atoms with E-state index in [1.54, 1.807) is 24.3 Å². The van der Waals surface area contributed by atoms with Crippen molar-refractivity contribution >= 4 is 0 Å². The topological polar surface area (TPSA) is 47.3 Å². The van der Waals surface area contributed by atoms with Crippen molar-refractivity contribution in [1.29, 1.82) is 5.26 Å². The van der Waals surface area contributed by atoms with E-state index in [1.165, 1.54) is 24.3 Å². The van der Waals surface area contributed by atoms with Crippen molar-refractivity contribution in [3.63, 3.8) is 0 Å². The highest BCUT2D eigenvalue weighted by atomic mass is 19.1. The summed E-state index contributed by atoms with van der Waals surface area (Å²) >= 11 is 0. The molecule has 2 aromatic carbocycles. The minimum atomic E-state index is -0.539. The van der Waals surface area contributed by atoms with E-state index in [2.05, 4.69) is 0 Å². The van der Waals surface area contributed by atoms with Crippen molar-refractivity contribution < 1.29 is 13.9 Å². The molecule has 0 aliphatic carbocycles. The Balaban J connectivity index is 1.81. The summed E-state index contributed by atoms with van der Waals surface area (Å²) in [6, 6.07) is 12.5. The van der Waals surface area contributed by atoms with Crippen molar-refractivity contribution in [3.05, 3.63) is 70.8 Å². The second kappa shape index (κ2) is 6.45. The van der Waals surface area contributed by atoms with Crippen LogP contribution in [0.25, 0.3) is 0 Å². The Kier molecular flexibility index (Phi) is 4.37. The van der Waals surface area contributed by atoms with Gasteiger partial charge in [0.1, 0.15) is 17.7 Å². The predicted octanol–water partition coefficient (Wildman–Crippen LogP) is 3.14. The summed E-state index contributed by atoms with van der Waals surface area (Å²) in [6.07, 6.45) is 0.0954. The van der Waals surface area contributed by atoms with Crippen LogP contribution in [0, 0.1) is 23.0 Å². The van der Waals surface area contributed by atoms with Gasteiger partial charge in [-0.2, -0.15) is 5.26 Å². The summed E-state index contributed by atoms with van der Waals surface area (Å²) < 4.78 is 26.8. The van der Waals surface area contributed by atoms with E-state index in [9.17, 15) is 13.9 Å². The summed E-state index contributed by atoms with van der Waals surface area (Å²) in [6.45, 7) is 0.936. The highest BCUT2D eigenvalue weighted by Gasteiger charge is 2.32. The van der Waals surface area contributed by atoms with E-state index in [4.69, 9.17) is 5.26 Å². The van der Waals surface area contributed by atoms with Crippen LogP contribution in [0.2, 0.25) is 0 Å². The normalized spacial score (nSPS) is 21.3. The molecule has 118 valence electrons. The molecule has 1 saturated heterocycles. The highest BCUT2D eigenvalue weighted by Crippen LogP contribution is 2.33. The van der Waals surface area contributed by atoms with Gasteiger partial charge in [-0.25, -0.2) is 8.78 Å². The largest absolute Gasteiger partial charge is 0.392 e. The predicted molar refractivity (Wildman–Crippen MR) is 81.3 cm³/mol. The number of rotatable bonds is 3. The molecule has 1 aliphatic heterocycles. The van der Waals surface area contributed by atoms with Gasteiger partial charge >= 0.3 is 0 Å². The molecule has 0 amide bonds. The summed E-state index contributed by atoms with van der Waals surface area (Å²) in [5, 5.41) is 18.7. The SMILES string of the molecule is N#Cc1ccc(CN2C[C@@H](O)C[C@H]2c2ccc(F)cc2)cc1F. The molecule has 0 bridgehead atoms. The standard InChI is InChI=1S/C18H16F2N2O/c19-15-5-3-13(4-6-15)18-8-16(23)11-22(18)10-12-1-2-14(9-21)17(20)7-12/h1-7,16,18,23H,8,10-11H2/t16-,18-/m0/s1. The minimum Gasteiger partial charge on any atom is -0.392 e. The molecule has 0 spiro atoms. The molecule has 1 fully saturated rings. The third-order valence-corrected chi connectivity index (χ3v) is 4.18. The number of hydrogen-bond acceptors (Lipinski definition) is 3. The summed E-state index contributed by atoms with van der Waals surface area (Å²) in [7, 11) is 0. The van der Waals surface area contributed by atoms with Crippen molar-refractivity contribution in [2.75, 3.05) is 6.54 Å². The average molecular weight is 314 g/mol. The molecule has 0 unspecified atom stereocenters. The molecule has 2 aromatic rings. The van der Waals surface area contributed by atoms with Crippen LogP contribution in [-0.2, 0) is 6.54 Å². The van der Waals surface area contributed by atoms with Crippen molar-refractivity contribution in [3.8, 4) is 6.07 Å². The molecule has 1 heterocycles. The third kappa shape index (κ3) is 3.39. The van der Waals surface area contributed by atoms with Gasteiger partial charge in [-0.05, 0) is 41.8 Å². The van der Waals surface area contributed by atoms with Gasteiger partial charge in [0.15, 0.2) is 0 Å². The second-order valence-electron chi connectivity index (χ2n) is 5.81. The van der Waals surface area contributed by atoms with Crippen LogP contribution in [0.3, 0.4) is 0 Å². The molecule has 1 aliphatic rings. The molecule has 23 heavy (non-hydrogen) atoms. The van der Waals surface area contributed by atoms with E-state index in [-0.39, 0.29) is 17.4 Å². The van der Waals surface area contributed by atoms with Crippen molar-refractivity contribution in [2.45, 2.75) is 25.1 Å². The molecule has 5 heteroatoms. The van der Waals surface area contributed by atoms with E-state index in [0.29, 0.717) is 19.5 Å². The number of β-amino-alcohol motifs (C(OH)–C–C–N with tert-alkyl or cyclic N) is 1. The highest BCUT2D eigenvalue weighted by molar-refractivity contribution is 5.33. The number of hydrogen-bond donors (Lipinski definition) is 1. The number of benzene rings is 2. The lowest BCUT2D eigenvalue weighted by molar-refractivity contribution is 0.172. The minimum absolute atomic E-state index is 0.0188. The molecular weight excluding hydrogens is 298 g/mol.